The van der Waals surface area contributed by atoms with Gasteiger partial charge in [-0.1, -0.05) is 6.58 Å². The van der Waals surface area contributed by atoms with E-state index in [0.717, 1.165) is 19.6 Å². The van der Waals surface area contributed by atoms with Crippen molar-refractivity contribution in [1.82, 2.24) is 9.80 Å². The predicted octanol–water partition coefficient (Wildman–Crippen LogP) is 0.516. The Labute approximate surface area is 108 Å². The monoisotopic (exact) mass is 254 g/mol. The van der Waals surface area contributed by atoms with Crippen LogP contribution in [0.5, 0.6) is 0 Å². The maximum Gasteiger partial charge on any atom is 0.246 e. The quantitative estimate of drug-likeness (QED) is 0.649. The van der Waals surface area contributed by atoms with Crippen LogP contribution in [0.3, 0.4) is 0 Å². The smallest absolute Gasteiger partial charge is 0.246 e. The average molecular weight is 254 g/mol. The first-order valence-corrected chi connectivity index (χ1v) is 6.31. The van der Waals surface area contributed by atoms with Crippen LogP contribution in [0, 0.1) is 5.92 Å². The van der Waals surface area contributed by atoms with E-state index in [1.165, 1.54) is 11.0 Å². The number of carbonyl (C=O) groups is 2. The van der Waals surface area contributed by atoms with Crippen LogP contribution in [-0.4, -0.2) is 61.5 Å². The van der Waals surface area contributed by atoms with Crippen LogP contribution in [0.2, 0.25) is 0 Å². The van der Waals surface area contributed by atoms with Crippen molar-refractivity contribution in [3.8, 4) is 0 Å². The Morgan fingerprint density at radius 3 is 2.72 bits per heavy atom. The van der Waals surface area contributed by atoms with Crippen molar-refractivity contribution in [2.45, 2.75) is 13.3 Å². The molecule has 1 heterocycles. The van der Waals surface area contributed by atoms with E-state index in [4.69, 9.17) is 4.74 Å². The number of nitrogens with zero attached hydrogens (tertiary/aromatic N) is 2. The lowest BCUT2D eigenvalue weighted by molar-refractivity contribution is -0.137. The average Bonchev–Trinajstić information content (AvgIpc) is 2.87. The molecule has 102 valence electrons. The fraction of sp³-hybridized carbons (Fsp3) is 0.692. The largest absolute Gasteiger partial charge is 0.381 e. The van der Waals surface area contributed by atoms with Gasteiger partial charge in [0.1, 0.15) is 0 Å². The second-order valence-corrected chi connectivity index (χ2v) is 4.56. The lowest BCUT2D eigenvalue weighted by Gasteiger charge is -2.26. The van der Waals surface area contributed by atoms with Gasteiger partial charge in [-0.2, -0.15) is 0 Å². The molecule has 0 aromatic carbocycles. The van der Waals surface area contributed by atoms with Gasteiger partial charge in [0.2, 0.25) is 11.8 Å². The second kappa shape index (κ2) is 7.16. The molecule has 0 N–H and O–H groups in total. The molecule has 0 radical (unpaired) electrons. The van der Waals surface area contributed by atoms with Crippen molar-refractivity contribution < 1.29 is 14.3 Å². The van der Waals surface area contributed by atoms with E-state index in [0.29, 0.717) is 19.0 Å². The Morgan fingerprint density at radius 2 is 2.22 bits per heavy atom. The maximum atomic E-state index is 12.0. The molecule has 1 saturated heterocycles. The minimum atomic E-state index is -0.233. The van der Waals surface area contributed by atoms with Crippen LogP contribution < -0.4 is 0 Å². The molecule has 0 aromatic rings. The van der Waals surface area contributed by atoms with Crippen molar-refractivity contribution in [3.63, 3.8) is 0 Å². The number of carbonyl (C=O) groups excluding carboxylic acids is 2. The van der Waals surface area contributed by atoms with Gasteiger partial charge in [0.15, 0.2) is 0 Å². The SMILES string of the molecule is C=CC(=O)N(C)CC(=O)N(CC)CC1CCOC1. The van der Waals surface area contributed by atoms with Crippen molar-refractivity contribution in [2.75, 3.05) is 39.9 Å². The number of rotatable bonds is 6. The zero-order valence-electron chi connectivity index (χ0n) is 11.2. The van der Waals surface area contributed by atoms with E-state index in [1.807, 2.05) is 6.92 Å². The third kappa shape index (κ3) is 4.14. The number of likely N-dealkylation sites (N-methyl/N-ethyl adjacent to an activating group) is 2. The van der Waals surface area contributed by atoms with Gasteiger partial charge in [-0.25, -0.2) is 0 Å². The summed E-state index contributed by atoms with van der Waals surface area (Å²) in [6.07, 6.45) is 2.22. The first kappa shape index (κ1) is 14.7. The van der Waals surface area contributed by atoms with Gasteiger partial charge in [0.25, 0.3) is 0 Å². The van der Waals surface area contributed by atoms with Crippen molar-refractivity contribution in [3.05, 3.63) is 12.7 Å². The Balaban J connectivity index is 2.45. The Bertz CT molecular complexity index is 311. The summed E-state index contributed by atoms with van der Waals surface area (Å²) < 4.78 is 5.30. The Morgan fingerprint density at radius 1 is 1.50 bits per heavy atom. The van der Waals surface area contributed by atoms with Crippen LogP contribution in [0.15, 0.2) is 12.7 Å². The lowest BCUT2D eigenvalue weighted by atomic mass is 10.1. The van der Waals surface area contributed by atoms with Crippen LogP contribution in [0.4, 0.5) is 0 Å². The fourth-order valence-corrected chi connectivity index (χ4v) is 1.98. The molecule has 1 fully saturated rings. The summed E-state index contributed by atoms with van der Waals surface area (Å²) in [4.78, 5) is 26.5. The topological polar surface area (TPSA) is 49.9 Å². The number of amides is 2. The summed E-state index contributed by atoms with van der Waals surface area (Å²) in [6.45, 7) is 8.34. The second-order valence-electron chi connectivity index (χ2n) is 4.56. The molecule has 18 heavy (non-hydrogen) atoms. The standard InChI is InChI=1S/C13H22N2O3/c1-4-12(16)14(3)9-13(17)15(5-2)8-11-6-7-18-10-11/h4,11H,1,5-10H2,2-3H3. The molecule has 5 nitrogen and oxygen atoms in total. The number of hydrogen-bond acceptors (Lipinski definition) is 3. The third-order valence-corrected chi connectivity index (χ3v) is 3.16. The van der Waals surface area contributed by atoms with Gasteiger partial charge in [-0.15, -0.1) is 0 Å². The predicted molar refractivity (Wildman–Crippen MR) is 69.0 cm³/mol. The fourth-order valence-electron chi connectivity index (χ4n) is 1.98. The van der Waals surface area contributed by atoms with Crippen LogP contribution in [0.25, 0.3) is 0 Å². The highest BCUT2D eigenvalue weighted by molar-refractivity contribution is 5.90. The van der Waals surface area contributed by atoms with E-state index >= 15 is 0 Å². The van der Waals surface area contributed by atoms with Crippen molar-refractivity contribution in [2.24, 2.45) is 5.92 Å². The molecule has 1 rings (SSSR count). The molecule has 0 aliphatic carbocycles. The van der Waals surface area contributed by atoms with Crippen LogP contribution >= 0.6 is 0 Å². The van der Waals surface area contributed by atoms with E-state index in [1.54, 1.807) is 11.9 Å². The van der Waals surface area contributed by atoms with Crippen molar-refractivity contribution >= 4 is 11.8 Å². The maximum absolute atomic E-state index is 12.0. The first-order valence-electron chi connectivity index (χ1n) is 6.31. The summed E-state index contributed by atoms with van der Waals surface area (Å²) in [5.41, 5.74) is 0. The van der Waals surface area contributed by atoms with E-state index in [2.05, 4.69) is 6.58 Å². The van der Waals surface area contributed by atoms with Gasteiger partial charge in [-0.05, 0) is 19.4 Å². The molecule has 5 heteroatoms. The van der Waals surface area contributed by atoms with E-state index < -0.39 is 0 Å². The molecule has 1 atom stereocenters. The summed E-state index contributed by atoms with van der Waals surface area (Å²) >= 11 is 0. The Kier molecular flexibility index (Phi) is 5.85. The van der Waals surface area contributed by atoms with E-state index in [-0.39, 0.29) is 18.4 Å². The molecule has 1 aliphatic rings. The molecule has 1 aliphatic heterocycles. The molecule has 2 amide bonds. The van der Waals surface area contributed by atoms with Gasteiger partial charge >= 0.3 is 0 Å². The minimum absolute atomic E-state index is 0.0258. The van der Waals surface area contributed by atoms with Crippen LogP contribution in [0.1, 0.15) is 13.3 Å². The minimum Gasteiger partial charge on any atom is -0.381 e. The van der Waals surface area contributed by atoms with Gasteiger partial charge < -0.3 is 14.5 Å². The van der Waals surface area contributed by atoms with Gasteiger partial charge in [0, 0.05) is 32.7 Å². The highest BCUT2D eigenvalue weighted by atomic mass is 16.5. The number of ether oxygens (including phenoxy) is 1. The highest BCUT2D eigenvalue weighted by Crippen LogP contribution is 2.14. The third-order valence-electron chi connectivity index (χ3n) is 3.16. The molecule has 0 saturated carbocycles. The van der Waals surface area contributed by atoms with Gasteiger partial charge in [0.05, 0.1) is 13.2 Å². The zero-order valence-corrected chi connectivity index (χ0v) is 11.2. The highest BCUT2D eigenvalue weighted by Gasteiger charge is 2.22. The summed E-state index contributed by atoms with van der Waals surface area (Å²) in [7, 11) is 1.61. The normalized spacial score (nSPS) is 18.4. The molecule has 0 spiro atoms. The Hall–Kier alpha value is -1.36. The van der Waals surface area contributed by atoms with Crippen molar-refractivity contribution in [1.29, 1.82) is 0 Å². The molecule has 1 unspecified atom stereocenters. The lowest BCUT2D eigenvalue weighted by Crippen LogP contribution is -2.42. The van der Waals surface area contributed by atoms with Gasteiger partial charge in [-0.3, -0.25) is 9.59 Å². The molecule has 0 aromatic heterocycles. The number of hydrogen-bond donors (Lipinski definition) is 0. The molecular formula is C13H22N2O3. The zero-order chi connectivity index (χ0) is 13.5. The van der Waals surface area contributed by atoms with E-state index in [9.17, 15) is 9.59 Å². The molecule has 0 bridgehead atoms. The summed E-state index contributed by atoms with van der Waals surface area (Å²) in [5.74, 6) is 0.167. The summed E-state index contributed by atoms with van der Waals surface area (Å²) in [5, 5.41) is 0. The summed E-state index contributed by atoms with van der Waals surface area (Å²) in [6, 6.07) is 0. The van der Waals surface area contributed by atoms with Crippen LogP contribution in [-0.2, 0) is 14.3 Å². The molecular weight excluding hydrogens is 232 g/mol. The first-order chi connectivity index (χ1) is 8.58.